The zero-order valence-corrected chi connectivity index (χ0v) is 15.4. The van der Waals surface area contributed by atoms with E-state index < -0.39 is 0 Å². The van der Waals surface area contributed by atoms with Crippen molar-refractivity contribution in [2.45, 2.75) is 6.92 Å². The molecule has 0 radical (unpaired) electrons. The van der Waals surface area contributed by atoms with Crippen LogP contribution in [0.15, 0.2) is 30.6 Å². The molecule has 0 unspecified atom stereocenters. The Morgan fingerprint density at radius 2 is 1.84 bits per heavy atom. The second-order valence-electron chi connectivity index (χ2n) is 5.77. The van der Waals surface area contributed by atoms with Crippen molar-refractivity contribution in [3.63, 3.8) is 0 Å². The van der Waals surface area contributed by atoms with Crippen LogP contribution in [-0.2, 0) is 0 Å². The Labute approximate surface area is 156 Å². The molecule has 8 heteroatoms. The third-order valence-corrected chi connectivity index (χ3v) is 4.74. The van der Waals surface area contributed by atoms with Gasteiger partial charge in [0.25, 0.3) is 5.91 Å². The van der Waals surface area contributed by atoms with Crippen molar-refractivity contribution < 1.29 is 4.79 Å². The van der Waals surface area contributed by atoms with E-state index in [2.05, 4.69) is 32.0 Å². The summed E-state index contributed by atoms with van der Waals surface area (Å²) in [5.41, 5.74) is 0.825. The molecule has 25 heavy (non-hydrogen) atoms. The number of carbonyl (C=O) groups is 1. The fourth-order valence-corrected chi connectivity index (χ4v) is 2.99. The lowest BCUT2D eigenvalue weighted by Gasteiger charge is -2.33. The first-order valence-corrected chi connectivity index (χ1v) is 8.88. The highest BCUT2D eigenvalue weighted by Crippen LogP contribution is 2.25. The monoisotopic (exact) mass is 379 g/mol. The van der Waals surface area contributed by atoms with Gasteiger partial charge in [0, 0.05) is 43.6 Å². The molecule has 1 aromatic heterocycles. The van der Waals surface area contributed by atoms with Crippen LogP contribution in [0, 0.1) is 0 Å². The summed E-state index contributed by atoms with van der Waals surface area (Å²) in [6.07, 6.45) is 3.06. The second kappa shape index (κ2) is 7.99. The largest absolute Gasteiger partial charge is 0.338 e. The number of hydrogen-bond acceptors (Lipinski definition) is 5. The average Bonchev–Trinajstić information content (AvgIpc) is 2.65. The predicted octanol–water partition coefficient (Wildman–Crippen LogP) is 3.18. The smallest absolute Gasteiger partial charge is 0.258 e. The number of hydrogen-bond donors (Lipinski definition) is 1. The van der Waals surface area contributed by atoms with Crippen LogP contribution in [0.25, 0.3) is 0 Å². The second-order valence-corrected chi connectivity index (χ2v) is 6.61. The van der Waals surface area contributed by atoms with Gasteiger partial charge in [-0.05, 0) is 24.7 Å². The molecule has 0 bridgehead atoms. The van der Waals surface area contributed by atoms with E-state index in [0.29, 0.717) is 27.2 Å². The number of amides is 1. The van der Waals surface area contributed by atoms with E-state index in [1.54, 1.807) is 18.2 Å². The van der Waals surface area contributed by atoms with Gasteiger partial charge in [0.05, 0.1) is 16.3 Å². The number of rotatable bonds is 4. The topological polar surface area (TPSA) is 61.4 Å². The van der Waals surface area contributed by atoms with Crippen molar-refractivity contribution in [1.82, 2.24) is 14.9 Å². The Morgan fingerprint density at radius 1 is 1.16 bits per heavy atom. The molecule has 2 heterocycles. The fourth-order valence-electron chi connectivity index (χ4n) is 2.65. The molecule has 1 aliphatic heterocycles. The van der Waals surface area contributed by atoms with Crippen molar-refractivity contribution in [3.8, 4) is 0 Å². The maximum Gasteiger partial charge on any atom is 0.258 e. The molecular formula is C17H19Cl2N5O. The minimum atomic E-state index is -0.327. The normalized spacial score (nSPS) is 15.2. The van der Waals surface area contributed by atoms with Crippen LogP contribution in [0.4, 0.5) is 11.6 Å². The van der Waals surface area contributed by atoms with E-state index in [1.807, 2.05) is 0 Å². The van der Waals surface area contributed by atoms with Gasteiger partial charge in [0.1, 0.15) is 0 Å². The molecule has 1 N–H and O–H groups in total. The molecule has 0 aliphatic carbocycles. The third kappa shape index (κ3) is 4.39. The van der Waals surface area contributed by atoms with Crippen LogP contribution < -0.4 is 10.2 Å². The maximum absolute atomic E-state index is 12.3. The lowest BCUT2D eigenvalue weighted by atomic mass is 10.2. The predicted molar refractivity (Wildman–Crippen MR) is 101 cm³/mol. The van der Waals surface area contributed by atoms with Gasteiger partial charge in [-0.2, -0.15) is 0 Å². The van der Waals surface area contributed by atoms with Crippen molar-refractivity contribution in [2.75, 3.05) is 42.9 Å². The van der Waals surface area contributed by atoms with Crippen molar-refractivity contribution >= 4 is 40.7 Å². The molecule has 1 aliphatic rings. The van der Waals surface area contributed by atoms with Gasteiger partial charge in [-0.3, -0.25) is 4.79 Å². The Hall–Kier alpha value is -1.89. The number of nitrogens with one attached hydrogen (secondary N) is 1. The molecule has 6 nitrogen and oxygen atoms in total. The number of halogens is 2. The van der Waals surface area contributed by atoms with Crippen molar-refractivity contribution in [3.05, 3.63) is 46.2 Å². The Kier molecular flexibility index (Phi) is 5.73. The third-order valence-electron chi connectivity index (χ3n) is 4.18. The van der Waals surface area contributed by atoms with Gasteiger partial charge >= 0.3 is 0 Å². The van der Waals surface area contributed by atoms with E-state index in [0.717, 1.165) is 32.7 Å². The summed E-state index contributed by atoms with van der Waals surface area (Å²) in [5.74, 6) is 0.319. The molecule has 1 amide bonds. The van der Waals surface area contributed by atoms with E-state index in [-0.39, 0.29) is 5.91 Å². The van der Waals surface area contributed by atoms with Crippen LogP contribution in [-0.4, -0.2) is 53.5 Å². The Morgan fingerprint density at radius 3 is 2.48 bits per heavy atom. The minimum absolute atomic E-state index is 0.327. The Balaban J connectivity index is 1.66. The number of piperazine rings is 1. The summed E-state index contributed by atoms with van der Waals surface area (Å²) < 4.78 is 0. The van der Waals surface area contributed by atoms with Gasteiger partial charge in [-0.15, -0.1) is 0 Å². The summed E-state index contributed by atoms with van der Waals surface area (Å²) in [6, 6.07) is 4.90. The molecule has 1 saturated heterocycles. The number of aromatic nitrogens is 2. The van der Waals surface area contributed by atoms with Gasteiger partial charge in [0.15, 0.2) is 0 Å². The molecule has 0 saturated carbocycles. The van der Waals surface area contributed by atoms with Crippen LogP contribution in [0.1, 0.15) is 17.3 Å². The van der Waals surface area contributed by atoms with Crippen molar-refractivity contribution in [2.24, 2.45) is 0 Å². The molecule has 132 valence electrons. The molecular weight excluding hydrogens is 361 g/mol. The summed E-state index contributed by atoms with van der Waals surface area (Å²) in [4.78, 5) is 25.5. The molecule has 0 atom stereocenters. The number of nitrogens with zero attached hydrogens (tertiary/aromatic N) is 4. The first-order valence-electron chi connectivity index (χ1n) is 8.12. The zero-order chi connectivity index (χ0) is 17.8. The lowest BCUT2D eigenvalue weighted by molar-refractivity contribution is 0.102. The number of benzene rings is 1. The Bertz CT molecular complexity index is 745. The SMILES string of the molecule is CCN1CCN(c2ncc(C(=O)Nc3cc(Cl)ccc3Cl)cn2)CC1. The van der Waals surface area contributed by atoms with E-state index >= 15 is 0 Å². The number of carbonyl (C=O) groups excluding carboxylic acids is 1. The lowest BCUT2D eigenvalue weighted by Crippen LogP contribution is -2.46. The highest BCUT2D eigenvalue weighted by atomic mass is 35.5. The van der Waals surface area contributed by atoms with Gasteiger partial charge in [0.2, 0.25) is 5.95 Å². The summed E-state index contributed by atoms with van der Waals surface area (Å²) in [6.45, 7) is 6.98. The fraction of sp³-hybridized carbons (Fsp3) is 0.353. The van der Waals surface area contributed by atoms with Gasteiger partial charge in [-0.25, -0.2) is 9.97 Å². The van der Waals surface area contributed by atoms with Gasteiger partial charge < -0.3 is 15.1 Å². The summed E-state index contributed by atoms with van der Waals surface area (Å²) >= 11 is 12.0. The highest BCUT2D eigenvalue weighted by molar-refractivity contribution is 6.35. The van der Waals surface area contributed by atoms with E-state index in [4.69, 9.17) is 23.2 Å². The van der Waals surface area contributed by atoms with Crippen LogP contribution in [0.2, 0.25) is 10.0 Å². The van der Waals surface area contributed by atoms with E-state index in [9.17, 15) is 4.79 Å². The maximum atomic E-state index is 12.3. The summed E-state index contributed by atoms with van der Waals surface area (Å²) in [7, 11) is 0. The average molecular weight is 380 g/mol. The minimum Gasteiger partial charge on any atom is -0.338 e. The van der Waals surface area contributed by atoms with Gasteiger partial charge in [-0.1, -0.05) is 30.1 Å². The molecule has 2 aromatic rings. The zero-order valence-electron chi connectivity index (χ0n) is 13.9. The molecule has 3 rings (SSSR count). The quantitative estimate of drug-likeness (QED) is 0.883. The molecule has 0 spiro atoms. The van der Waals surface area contributed by atoms with Crippen LogP contribution in [0.5, 0.6) is 0 Å². The van der Waals surface area contributed by atoms with Crippen molar-refractivity contribution in [1.29, 1.82) is 0 Å². The van der Waals surface area contributed by atoms with Crippen LogP contribution in [0.3, 0.4) is 0 Å². The molecule has 1 fully saturated rings. The number of likely N-dealkylation sites (N-methyl/N-ethyl adjacent to an activating group) is 1. The summed E-state index contributed by atoms with van der Waals surface area (Å²) in [5, 5.41) is 3.64. The first-order chi connectivity index (χ1) is 12.1. The number of anilines is 2. The van der Waals surface area contributed by atoms with E-state index in [1.165, 1.54) is 12.4 Å². The van der Waals surface area contributed by atoms with Crippen LogP contribution >= 0.6 is 23.2 Å². The standard InChI is InChI=1S/C17H19Cl2N5O/c1-2-23-5-7-24(8-6-23)17-20-10-12(11-21-17)16(25)22-15-9-13(18)3-4-14(15)19/h3-4,9-11H,2,5-8H2,1H3,(H,22,25). The molecule has 1 aromatic carbocycles. The highest BCUT2D eigenvalue weighted by Gasteiger charge is 2.18. The first kappa shape index (κ1) is 17.9.